The average Bonchev–Trinajstić information content (AvgIpc) is 3.04. The molecule has 124 valence electrons. The minimum atomic E-state index is 0.318. The Bertz CT molecular complexity index is 635. The monoisotopic (exact) mass is 316 g/mol. The first kappa shape index (κ1) is 15.9. The van der Waals surface area contributed by atoms with Gasteiger partial charge in [-0.25, -0.2) is 4.98 Å². The zero-order chi connectivity index (χ0) is 16.2. The van der Waals surface area contributed by atoms with Gasteiger partial charge in [0.15, 0.2) is 5.82 Å². The van der Waals surface area contributed by atoms with Gasteiger partial charge in [-0.05, 0) is 33.2 Å². The molecule has 3 rings (SSSR count). The summed E-state index contributed by atoms with van der Waals surface area (Å²) >= 11 is 0. The summed E-state index contributed by atoms with van der Waals surface area (Å²) in [6.07, 6.45) is 2.56. The van der Waals surface area contributed by atoms with E-state index in [4.69, 9.17) is 4.52 Å². The van der Waals surface area contributed by atoms with Crippen LogP contribution in [0.15, 0.2) is 22.9 Å². The lowest BCUT2D eigenvalue weighted by Gasteiger charge is -2.33. The fourth-order valence-corrected chi connectivity index (χ4v) is 2.59. The van der Waals surface area contributed by atoms with Crippen LogP contribution in [0, 0.1) is 0 Å². The average molecular weight is 316 g/mol. The molecule has 23 heavy (non-hydrogen) atoms. The second kappa shape index (κ2) is 7.06. The maximum Gasteiger partial charge on any atom is 0.258 e. The molecule has 7 heteroatoms. The largest absolute Gasteiger partial charge is 0.354 e. The predicted molar refractivity (Wildman–Crippen MR) is 89.5 cm³/mol. The van der Waals surface area contributed by atoms with Crippen molar-refractivity contribution in [3.63, 3.8) is 0 Å². The first-order valence-corrected chi connectivity index (χ1v) is 8.05. The van der Waals surface area contributed by atoms with Crippen LogP contribution in [0.2, 0.25) is 0 Å². The van der Waals surface area contributed by atoms with Gasteiger partial charge in [-0.2, -0.15) is 4.98 Å². The van der Waals surface area contributed by atoms with E-state index in [1.165, 1.54) is 0 Å². The molecule has 3 heterocycles. The highest BCUT2D eigenvalue weighted by Gasteiger charge is 2.17. The fraction of sp³-hybridized carbons (Fsp3) is 0.562. The third kappa shape index (κ3) is 3.86. The third-order valence-corrected chi connectivity index (χ3v) is 4.27. The van der Waals surface area contributed by atoms with Crippen LogP contribution in [-0.4, -0.2) is 66.3 Å². The van der Waals surface area contributed by atoms with E-state index < -0.39 is 0 Å². The molecular formula is C16H24N6O. The molecule has 0 aliphatic carbocycles. The van der Waals surface area contributed by atoms with Crippen molar-refractivity contribution in [3.8, 4) is 11.5 Å². The Labute approximate surface area is 136 Å². The van der Waals surface area contributed by atoms with Crippen LogP contribution in [-0.2, 0) is 6.42 Å². The summed E-state index contributed by atoms with van der Waals surface area (Å²) in [5, 5.41) is 7.24. The summed E-state index contributed by atoms with van der Waals surface area (Å²) in [4.78, 5) is 13.6. The van der Waals surface area contributed by atoms with Crippen molar-refractivity contribution in [1.82, 2.24) is 25.3 Å². The Balaban J connectivity index is 1.74. The van der Waals surface area contributed by atoms with Gasteiger partial charge < -0.3 is 19.6 Å². The van der Waals surface area contributed by atoms with Crippen LogP contribution < -0.4 is 10.2 Å². The summed E-state index contributed by atoms with van der Waals surface area (Å²) < 4.78 is 5.41. The number of pyridine rings is 1. The van der Waals surface area contributed by atoms with E-state index >= 15 is 0 Å². The van der Waals surface area contributed by atoms with E-state index in [0.29, 0.717) is 11.9 Å². The lowest BCUT2D eigenvalue weighted by atomic mass is 10.2. The van der Waals surface area contributed by atoms with Crippen molar-refractivity contribution in [2.75, 3.05) is 45.2 Å². The molecule has 1 saturated heterocycles. The van der Waals surface area contributed by atoms with Gasteiger partial charge in [0.1, 0.15) is 5.82 Å². The number of hydrogen-bond acceptors (Lipinski definition) is 7. The summed E-state index contributed by atoms with van der Waals surface area (Å²) in [6, 6.07) is 4.27. The summed E-state index contributed by atoms with van der Waals surface area (Å²) in [6.45, 7) is 6.18. The molecule has 2 aromatic rings. The summed E-state index contributed by atoms with van der Waals surface area (Å²) in [7, 11) is 4.07. The molecule has 7 nitrogen and oxygen atoms in total. The predicted octanol–water partition coefficient (Wildman–Crippen LogP) is 1.03. The quantitative estimate of drug-likeness (QED) is 0.883. The van der Waals surface area contributed by atoms with Crippen LogP contribution in [0.25, 0.3) is 11.5 Å². The molecule has 1 aliphatic heterocycles. The number of nitrogens with one attached hydrogen (secondary N) is 1. The standard InChI is InChI=1S/C16H24N6O/c1-12(17-2)10-14-19-16(23-20-14)13-4-5-18-15(11-13)22-8-6-21(3)7-9-22/h4-5,11-12,17H,6-10H2,1-3H3. The molecule has 1 atom stereocenters. The number of aromatic nitrogens is 3. The topological polar surface area (TPSA) is 70.3 Å². The van der Waals surface area contributed by atoms with Crippen molar-refractivity contribution in [1.29, 1.82) is 0 Å². The Kier molecular flexibility index (Phi) is 4.88. The van der Waals surface area contributed by atoms with Crippen molar-refractivity contribution < 1.29 is 4.52 Å². The Morgan fingerprint density at radius 2 is 2.09 bits per heavy atom. The van der Waals surface area contributed by atoms with Crippen LogP contribution >= 0.6 is 0 Å². The third-order valence-electron chi connectivity index (χ3n) is 4.27. The van der Waals surface area contributed by atoms with E-state index in [1.807, 2.05) is 25.4 Å². The van der Waals surface area contributed by atoms with Gasteiger partial charge in [0.05, 0.1) is 0 Å². The molecule has 0 spiro atoms. The van der Waals surface area contributed by atoms with Crippen LogP contribution in [0.3, 0.4) is 0 Å². The van der Waals surface area contributed by atoms with Gasteiger partial charge in [-0.3, -0.25) is 0 Å². The van der Waals surface area contributed by atoms with Crippen molar-refractivity contribution >= 4 is 5.82 Å². The lowest BCUT2D eigenvalue weighted by molar-refractivity contribution is 0.312. The van der Waals surface area contributed by atoms with Gasteiger partial charge in [0.25, 0.3) is 5.89 Å². The molecule has 0 radical (unpaired) electrons. The van der Waals surface area contributed by atoms with Gasteiger partial charge in [0.2, 0.25) is 0 Å². The summed E-state index contributed by atoms with van der Waals surface area (Å²) in [5.41, 5.74) is 0.921. The maximum absolute atomic E-state index is 5.41. The smallest absolute Gasteiger partial charge is 0.258 e. The Hall–Kier alpha value is -1.99. The number of likely N-dealkylation sites (N-methyl/N-ethyl adjacent to an activating group) is 2. The summed E-state index contributed by atoms with van der Waals surface area (Å²) in [5.74, 6) is 2.25. The van der Waals surface area contributed by atoms with Crippen molar-refractivity contribution in [2.24, 2.45) is 0 Å². The lowest BCUT2D eigenvalue weighted by Crippen LogP contribution is -2.44. The number of hydrogen-bond donors (Lipinski definition) is 1. The number of piperazine rings is 1. The Morgan fingerprint density at radius 3 is 2.83 bits per heavy atom. The maximum atomic E-state index is 5.41. The second-order valence-corrected chi connectivity index (χ2v) is 6.10. The highest BCUT2D eigenvalue weighted by atomic mass is 16.5. The normalized spacial score (nSPS) is 17.4. The molecule has 1 unspecified atom stereocenters. The minimum absolute atomic E-state index is 0.318. The van der Waals surface area contributed by atoms with Gasteiger partial charge in [0, 0.05) is 50.4 Å². The zero-order valence-corrected chi connectivity index (χ0v) is 14.0. The molecular weight excluding hydrogens is 292 g/mol. The molecule has 0 aromatic carbocycles. The molecule has 0 bridgehead atoms. The van der Waals surface area contributed by atoms with E-state index in [-0.39, 0.29) is 0 Å². The zero-order valence-electron chi connectivity index (χ0n) is 14.0. The highest BCUT2D eigenvalue weighted by molar-refractivity contribution is 5.58. The van der Waals surface area contributed by atoms with E-state index in [2.05, 4.69) is 44.2 Å². The highest BCUT2D eigenvalue weighted by Crippen LogP contribution is 2.22. The van der Waals surface area contributed by atoms with Crippen molar-refractivity contribution in [2.45, 2.75) is 19.4 Å². The first-order chi connectivity index (χ1) is 11.2. The van der Waals surface area contributed by atoms with E-state index in [9.17, 15) is 0 Å². The molecule has 1 fully saturated rings. The fourth-order valence-electron chi connectivity index (χ4n) is 2.59. The number of nitrogens with zero attached hydrogens (tertiary/aromatic N) is 5. The van der Waals surface area contributed by atoms with Crippen LogP contribution in [0.4, 0.5) is 5.82 Å². The minimum Gasteiger partial charge on any atom is -0.354 e. The van der Waals surface area contributed by atoms with Gasteiger partial charge >= 0.3 is 0 Å². The first-order valence-electron chi connectivity index (χ1n) is 8.05. The van der Waals surface area contributed by atoms with Crippen LogP contribution in [0.1, 0.15) is 12.7 Å². The Morgan fingerprint density at radius 1 is 1.30 bits per heavy atom. The van der Waals surface area contributed by atoms with E-state index in [1.54, 1.807) is 0 Å². The van der Waals surface area contributed by atoms with Gasteiger partial charge in [-0.15, -0.1) is 0 Å². The van der Waals surface area contributed by atoms with Crippen molar-refractivity contribution in [3.05, 3.63) is 24.2 Å². The van der Waals surface area contributed by atoms with Crippen LogP contribution in [0.5, 0.6) is 0 Å². The molecule has 2 aromatic heterocycles. The molecule has 0 amide bonds. The number of rotatable bonds is 5. The van der Waals surface area contributed by atoms with E-state index in [0.717, 1.165) is 49.8 Å². The molecule has 1 N–H and O–H groups in total. The SMILES string of the molecule is CNC(C)Cc1noc(-c2ccnc(N3CCN(C)CC3)c2)n1. The van der Waals surface area contributed by atoms with Gasteiger partial charge in [-0.1, -0.05) is 5.16 Å². The molecule has 0 saturated carbocycles. The molecule has 1 aliphatic rings. The number of anilines is 1. The second-order valence-electron chi connectivity index (χ2n) is 6.10.